The third-order valence-electron chi connectivity index (χ3n) is 2.89. The number of allylic oxidation sites excluding steroid dienone is 1. The lowest BCUT2D eigenvalue weighted by Gasteiger charge is -2.02. The monoisotopic (exact) mass is 217 g/mol. The largest absolute Gasteiger partial charge is 0.339 e. The highest BCUT2D eigenvalue weighted by Crippen LogP contribution is 2.40. The third kappa shape index (κ3) is 1.33. The van der Waals surface area contributed by atoms with Gasteiger partial charge in [0.1, 0.15) is 6.17 Å². The molecule has 0 aromatic carbocycles. The molecule has 0 aliphatic heterocycles. The van der Waals surface area contributed by atoms with Crippen molar-refractivity contribution in [2.24, 2.45) is 0 Å². The standard InChI is InChI=1S/C12H12FN3/c1-7(2)12-14-6-11-9(15-12)3-4-16(11)10-5-8(10)13/h3-4,6,8,10H,1,5H2,2H3. The van der Waals surface area contributed by atoms with E-state index in [2.05, 4.69) is 16.5 Å². The van der Waals surface area contributed by atoms with E-state index in [0.717, 1.165) is 16.6 Å². The number of rotatable bonds is 2. The molecule has 0 N–H and O–H groups in total. The first-order valence-electron chi connectivity index (χ1n) is 5.30. The van der Waals surface area contributed by atoms with Crippen molar-refractivity contribution >= 4 is 16.6 Å². The quantitative estimate of drug-likeness (QED) is 0.774. The third-order valence-corrected chi connectivity index (χ3v) is 2.89. The van der Waals surface area contributed by atoms with Gasteiger partial charge in [0, 0.05) is 12.6 Å². The van der Waals surface area contributed by atoms with Crippen LogP contribution in [0.5, 0.6) is 0 Å². The summed E-state index contributed by atoms with van der Waals surface area (Å²) in [6.45, 7) is 5.68. The van der Waals surface area contributed by atoms with Crippen molar-refractivity contribution in [3.05, 3.63) is 30.9 Å². The topological polar surface area (TPSA) is 30.7 Å². The summed E-state index contributed by atoms with van der Waals surface area (Å²) < 4.78 is 14.9. The summed E-state index contributed by atoms with van der Waals surface area (Å²) in [7, 11) is 0. The Balaban J connectivity index is 2.11. The van der Waals surface area contributed by atoms with Gasteiger partial charge >= 0.3 is 0 Å². The maximum absolute atomic E-state index is 13.0. The van der Waals surface area contributed by atoms with E-state index in [0.29, 0.717) is 12.2 Å². The summed E-state index contributed by atoms with van der Waals surface area (Å²) in [5.41, 5.74) is 2.59. The van der Waals surface area contributed by atoms with E-state index in [1.807, 2.05) is 23.8 Å². The summed E-state index contributed by atoms with van der Waals surface area (Å²) in [6, 6.07) is 1.88. The van der Waals surface area contributed by atoms with E-state index in [-0.39, 0.29) is 6.04 Å². The van der Waals surface area contributed by atoms with E-state index in [1.54, 1.807) is 6.20 Å². The van der Waals surface area contributed by atoms with Gasteiger partial charge in [0.05, 0.1) is 23.3 Å². The van der Waals surface area contributed by atoms with Gasteiger partial charge in [0.15, 0.2) is 5.82 Å². The molecule has 16 heavy (non-hydrogen) atoms. The molecular weight excluding hydrogens is 205 g/mol. The molecule has 4 heteroatoms. The minimum atomic E-state index is -0.712. The molecule has 2 atom stereocenters. The van der Waals surface area contributed by atoms with Gasteiger partial charge in [-0.2, -0.15) is 0 Å². The fourth-order valence-electron chi connectivity index (χ4n) is 1.88. The molecule has 2 heterocycles. The Morgan fingerprint density at radius 3 is 3.00 bits per heavy atom. The molecule has 1 aliphatic carbocycles. The highest BCUT2D eigenvalue weighted by molar-refractivity contribution is 5.76. The van der Waals surface area contributed by atoms with E-state index >= 15 is 0 Å². The Morgan fingerprint density at radius 1 is 1.62 bits per heavy atom. The van der Waals surface area contributed by atoms with Gasteiger partial charge in [-0.25, -0.2) is 14.4 Å². The molecule has 1 aliphatic rings. The van der Waals surface area contributed by atoms with Crippen molar-refractivity contribution in [1.29, 1.82) is 0 Å². The molecule has 0 radical (unpaired) electrons. The van der Waals surface area contributed by atoms with Gasteiger partial charge in [-0.15, -0.1) is 0 Å². The summed E-state index contributed by atoms with van der Waals surface area (Å²) in [6.07, 6.45) is 3.52. The van der Waals surface area contributed by atoms with Crippen LogP contribution in [0, 0.1) is 0 Å². The van der Waals surface area contributed by atoms with Crippen molar-refractivity contribution in [2.75, 3.05) is 0 Å². The second kappa shape index (κ2) is 3.14. The van der Waals surface area contributed by atoms with E-state index in [1.165, 1.54) is 0 Å². The molecule has 2 aromatic heterocycles. The Morgan fingerprint density at radius 2 is 2.38 bits per heavy atom. The molecule has 3 rings (SSSR count). The highest BCUT2D eigenvalue weighted by Gasteiger charge is 2.39. The fourth-order valence-corrected chi connectivity index (χ4v) is 1.88. The first kappa shape index (κ1) is 9.51. The van der Waals surface area contributed by atoms with Gasteiger partial charge in [-0.3, -0.25) is 0 Å². The lowest BCUT2D eigenvalue weighted by Crippen LogP contribution is -1.96. The summed E-state index contributed by atoms with van der Waals surface area (Å²) in [4.78, 5) is 8.60. The van der Waals surface area contributed by atoms with Gasteiger partial charge in [0.25, 0.3) is 0 Å². The van der Waals surface area contributed by atoms with Gasteiger partial charge < -0.3 is 4.57 Å². The number of hydrogen-bond donors (Lipinski definition) is 0. The predicted molar refractivity (Wildman–Crippen MR) is 60.8 cm³/mol. The fraction of sp³-hybridized carbons (Fsp3) is 0.333. The van der Waals surface area contributed by atoms with Crippen LogP contribution in [-0.4, -0.2) is 20.7 Å². The number of halogens is 1. The van der Waals surface area contributed by atoms with Crippen LogP contribution in [0.25, 0.3) is 16.6 Å². The molecule has 0 amide bonds. The summed E-state index contributed by atoms with van der Waals surface area (Å²) >= 11 is 0. The van der Waals surface area contributed by atoms with Crippen LogP contribution in [0.1, 0.15) is 25.2 Å². The van der Waals surface area contributed by atoms with Crippen LogP contribution >= 0.6 is 0 Å². The highest BCUT2D eigenvalue weighted by atomic mass is 19.1. The molecule has 0 saturated heterocycles. The van der Waals surface area contributed by atoms with Crippen LogP contribution in [-0.2, 0) is 0 Å². The zero-order chi connectivity index (χ0) is 11.3. The Labute approximate surface area is 92.6 Å². The maximum Gasteiger partial charge on any atom is 0.154 e. The lowest BCUT2D eigenvalue weighted by atomic mass is 10.3. The minimum absolute atomic E-state index is 0.0169. The summed E-state index contributed by atoms with van der Waals surface area (Å²) in [5.74, 6) is 0.651. The molecule has 3 nitrogen and oxygen atoms in total. The number of fused-ring (bicyclic) bond motifs is 1. The molecule has 2 aromatic rings. The van der Waals surface area contributed by atoms with Crippen LogP contribution in [0.2, 0.25) is 0 Å². The Bertz CT molecular complexity index is 573. The van der Waals surface area contributed by atoms with Gasteiger partial charge in [-0.05, 0) is 18.6 Å². The van der Waals surface area contributed by atoms with Crippen LogP contribution in [0.15, 0.2) is 25.0 Å². The van der Waals surface area contributed by atoms with E-state index < -0.39 is 6.17 Å². The normalized spacial score (nSPS) is 23.6. The summed E-state index contributed by atoms with van der Waals surface area (Å²) in [5, 5.41) is 0. The predicted octanol–water partition coefficient (Wildman–Crippen LogP) is 2.75. The molecule has 2 unspecified atom stereocenters. The van der Waals surface area contributed by atoms with Gasteiger partial charge in [0.2, 0.25) is 0 Å². The lowest BCUT2D eigenvalue weighted by molar-refractivity contribution is 0.445. The smallest absolute Gasteiger partial charge is 0.154 e. The molecule has 82 valence electrons. The number of nitrogens with zero attached hydrogens (tertiary/aromatic N) is 3. The van der Waals surface area contributed by atoms with Crippen molar-refractivity contribution in [1.82, 2.24) is 14.5 Å². The van der Waals surface area contributed by atoms with E-state index in [4.69, 9.17) is 0 Å². The molecule has 1 fully saturated rings. The van der Waals surface area contributed by atoms with Crippen molar-refractivity contribution < 1.29 is 4.39 Å². The number of alkyl halides is 1. The SMILES string of the molecule is C=C(C)c1ncc2c(ccn2C2CC2F)n1. The molecule has 0 spiro atoms. The zero-order valence-electron chi connectivity index (χ0n) is 9.02. The zero-order valence-corrected chi connectivity index (χ0v) is 9.02. The molecule has 0 bridgehead atoms. The van der Waals surface area contributed by atoms with E-state index in [9.17, 15) is 4.39 Å². The molecular formula is C12H12FN3. The van der Waals surface area contributed by atoms with Crippen LogP contribution in [0.4, 0.5) is 4.39 Å². The second-order valence-electron chi connectivity index (χ2n) is 4.29. The van der Waals surface area contributed by atoms with Crippen molar-refractivity contribution in [2.45, 2.75) is 25.6 Å². The molecule has 1 saturated carbocycles. The Kier molecular flexibility index (Phi) is 1.87. The average Bonchev–Trinajstić information content (AvgIpc) is 2.84. The number of aromatic nitrogens is 3. The minimum Gasteiger partial charge on any atom is -0.339 e. The van der Waals surface area contributed by atoms with Crippen molar-refractivity contribution in [3.8, 4) is 0 Å². The maximum atomic E-state index is 13.0. The van der Waals surface area contributed by atoms with Crippen LogP contribution < -0.4 is 0 Å². The first-order chi connectivity index (χ1) is 7.66. The Hall–Kier alpha value is -1.71. The number of hydrogen-bond acceptors (Lipinski definition) is 2. The van der Waals surface area contributed by atoms with Gasteiger partial charge in [-0.1, -0.05) is 6.58 Å². The first-order valence-corrected chi connectivity index (χ1v) is 5.30. The van der Waals surface area contributed by atoms with Crippen molar-refractivity contribution in [3.63, 3.8) is 0 Å². The van der Waals surface area contributed by atoms with Crippen LogP contribution in [0.3, 0.4) is 0 Å². The second-order valence-corrected chi connectivity index (χ2v) is 4.29. The average molecular weight is 217 g/mol.